The average Bonchev–Trinajstić information content (AvgIpc) is 2.91. The first-order valence-corrected chi connectivity index (χ1v) is 9.46. The van der Waals surface area contributed by atoms with E-state index in [1.165, 1.54) is 32.4 Å². The Bertz CT molecular complexity index is 728. The van der Waals surface area contributed by atoms with Crippen LogP contribution in [0.4, 0.5) is 0 Å². The molecule has 2 aliphatic rings. The predicted octanol–water partition coefficient (Wildman–Crippen LogP) is 1.46. The molecule has 7 nitrogen and oxygen atoms in total. The van der Waals surface area contributed by atoms with Gasteiger partial charge in [-0.15, -0.1) is 12.4 Å². The molecule has 2 fully saturated rings. The quantitative estimate of drug-likeness (QED) is 0.739. The summed E-state index contributed by atoms with van der Waals surface area (Å²) < 4.78 is 37.9. The lowest BCUT2D eigenvalue weighted by Crippen LogP contribution is -2.47. The first-order valence-electron chi connectivity index (χ1n) is 7.97. The van der Waals surface area contributed by atoms with E-state index >= 15 is 0 Å². The fraction of sp³-hybridized carbons (Fsp3) is 0.562. The topological polar surface area (TPSA) is 93.7 Å². The average molecular weight is 391 g/mol. The second-order valence-corrected chi connectivity index (χ2v) is 8.00. The van der Waals surface area contributed by atoms with Gasteiger partial charge in [-0.2, -0.15) is 0 Å². The summed E-state index contributed by atoms with van der Waals surface area (Å²) >= 11 is 0. The van der Waals surface area contributed by atoms with Crippen molar-refractivity contribution >= 4 is 28.4 Å². The van der Waals surface area contributed by atoms with Gasteiger partial charge in [0, 0.05) is 18.1 Å². The van der Waals surface area contributed by atoms with Gasteiger partial charge < -0.3 is 14.8 Å². The van der Waals surface area contributed by atoms with E-state index in [0.717, 1.165) is 25.7 Å². The maximum atomic E-state index is 12.7. The van der Waals surface area contributed by atoms with Gasteiger partial charge in [0.1, 0.15) is 11.3 Å². The van der Waals surface area contributed by atoms with Crippen molar-refractivity contribution in [2.24, 2.45) is 0 Å². The van der Waals surface area contributed by atoms with E-state index in [1.807, 2.05) is 0 Å². The van der Waals surface area contributed by atoms with E-state index in [0.29, 0.717) is 12.1 Å². The van der Waals surface area contributed by atoms with Crippen LogP contribution < -0.4 is 14.8 Å². The van der Waals surface area contributed by atoms with Crippen LogP contribution >= 0.6 is 12.4 Å². The monoisotopic (exact) mass is 390 g/mol. The third-order valence-electron chi connectivity index (χ3n) is 4.68. The number of ether oxygens (including phenoxy) is 2. The summed E-state index contributed by atoms with van der Waals surface area (Å²) in [5.74, 6) is -0.357. The molecule has 140 valence electrons. The van der Waals surface area contributed by atoms with E-state index in [9.17, 15) is 13.2 Å². The van der Waals surface area contributed by atoms with E-state index < -0.39 is 16.0 Å². The molecule has 1 aromatic rings. The minimum atomic E-state index is -3.71. The number of rotatable bonds is 5. The summed E-state index contributed by atoms with van der Waals surface area (Å²) in [7, 11) is -1.05. The van der Waals surface area contributed by atoms with Gasteiger partial charge in [0.2, 0.25) is 10.0 Å². The van der Waals surface area contributed by atoms with Gasteiger partial charge >= 0.3 is 5.97 Å². The molecular formula is C16H23ClN2O5S. The van der Waals surface area contributed by atoms with Crippen molar-refractivity contribution in [3.05, 3.63) is 23.8 Å². The number of carbonyl (C=O) groups excluding carboxylic acids is 1. The summed E-state index contributed by atoms with van der Waals surface area (Å²) in [5.41, 5.74) is 0.0910. The number of esters is 1. The predicted molar refractivity (Wildman–Crippen MR) is 94.9 cm³/mol. The summed E-state index contributed by atoms with van der Waals surface area (Å²) in [4.78, 5) is 11.9. The molecule has 2 heterocycles. The van der Waals surface area contributed by atoms with E-state index in [-0.39, 0.29) is 34.7 Å². The lowest BCUT2D eigenvalue weighted by atomic mass is 10.0. The molecule has 0 amide bonds. The van der Waals surface area contributed by atoms with Crippen LogP contribution in [0, 0.1) is 0 Å². The highest BCUT2D eigenvalue weighted by atomic mass is 35.5. The maximum Gasteiger partial charge on any atom is 0.341 e. The lowest BCUT2D eigenvalue weighted by Gasteiger charge is -2.29. The van der Waals surface area contributed by atoms with Gasteiger partial charge in [0.05, 0.1) is 19.1 Å². The Labute approximate surface area is 153 Å². The molecule has 2 N–H and O–H groups in total. The number of hydrogen-bond donors (Lipinski definition) is 2. The van der Waals surface area contributed by atoms with Crippen LogP contribution in [0.3, 0.4) is 0 Å². The number of halogens is 1. The van der Waals surface area contributed by atoms with Gasteiger partial charge in [-0.1, -0.05) is 0 Å². The fourth-order valence-corrected chi connectivity index (χ4v) is 4.85. The number of fused-ring (bicyclic) bond motifs is 2. The van der Waals surface area contributed by atoms with Gasteiger partial charge in [0.25, 0.3) is 0 Å². The summed E-state index contributed by atoms with van der Waals surface area (Å²) in [6.45, 7) is 0. The molecule has 2 bridgehead atoms. The smallest absolute Gasteiger partial charge is 0.341 e. The number of methoxy groups -OCH3 is 2. The van der Waals surface area contributed by atoms with Gasteiger partial charge in [-0.05, 0) is 43.9 Å². The first-order chi connectivity index (χ1) is 11.4. The molecule has 3 rings (SSSR count). The first kappa shape index (κ1) is 20.0. The van der Waals surface area contributed by atoms with Crippen LogP contribution in [0.25, 0.3) is 0 Å². The number of piperidine rings is 1. The summed E-state index contributed by atoms with van der Waals surface area (Å²) in [5, 5.41) is 3.48. The minimum absolute atomic E-state index is 0. The third kappa shape index (κ3) is 4.25. The zero-order chi connectivity index (χ0) is 17.3. The number of benzene rings is 1. The molecule has 2 unspecified atom stereocenters. The van der Waals surface area contributed by atoms with Gasteiger partial charge in [0.15, 0.2) is 0 Å². The standard InChI is InChI=1S/C16H22N2O5S.ClH/c1-22-15-6-5-13(9-14(15)16(19)23-2)24(20,21)18-12-7-10-3-4-11(8-12)17-10;/h5-6,9-12,17-18H,3-4,7-8H2,1-2H3;1H. The van der Waals surface area contributed by atoms with Crippen molar-refractivity contribution in [1.29, 1.82) is 0 Å². The number of hydrogen-bond acceptors (Lipinski definition) is 6. The Morgan fingerprint density at radius 2 is 1.84 bits per heavy atom. The van der Waals surface area contributed by atoms with Crippen molar-refractivity contribution in [2.45, 2.75) is 48.7 Å². The Balaban J connectivity index is 0.00000225. The Hall–Kier alpha value is -1.35. The highest BCUT2D eigenvalue weighted by Crippen LogP contribution is 2.28. The molecule has 2 saturated heterocycles. The second-order valence-electron chi connectivity index (χ2n) is 6.28. The van der Waals surface area contributed by atoms with Crippen molar-refractivity contribution in [2.75, 3.05) is 14.2 Å². The van der Waals surface area contributed by atoms with Crippen LogP contribution in [0.5, 0.6) is 5.75 Å². The zero-order valence-electron chi connectivity index (χ0n) is 14.2. The number of sulfonamides is 1. The molecule has 0 radical (unpaired) electrons. The van der Waals surface area contributed by atoms with Crippen LogP contribution in [-0.4, -0.2) is 46.7 Å². The lowest BCUT2D eigenvalue weighted by molar-refractivity contribution is 0.0597. The molecule has 0 aromatic heterocycles. The van der Waals surface area contributed by atoms with Crippen LogP contribution in [0.1, 0.15) is 36.0 Å². The van der Waals surface area contributed by atoms with E-state index in [1.54, 1.807) is 0 Å². The van der Waals surface area contributed by atoms with Crippen molar-refractivity contribution in [3.63, 3.8) is 0 Å². The van der Waals surface area contributed by atoms with Crippen molar-refractivity contribution in [1.82, 2.24) is 10.0 Å². The summed E-state index contributed by atoms with van der Waals surface area (Å²) in [6.07, 6.45) is 3.77. The number of carbonyl (C=O) groups is 1. The van der Waals surface area contributed by atoms with E-state index in [2.05, 4.69) is 10.0 Å². The van der Waals surface area contributed by atoms with Gasteiger partial charge in [-0.25, -0.2) is 17.9 Å². The van der Waals surface area contributed by atoms with Crippen molar-refractivity contribution < 1.29 is 22.7 Å². The molecule has 0 spiro atoms. The highest BCUT2D eigenvalue weighted by Gasteiger charge is 2.35. The van der Waals surface area contributed by atoms with Gasteiger partial charge in [-0.3, -0.25) is 0 Å². The highest BCUT2D eigenvalue weighted by molar-refractivity contribution is 7.89. The largest absolute Gasteiger partial charge is 0.496 e. The van der Waals surface area contributed by atoms with E-state index in [4.69, 9.17) is 9.47 Å². The minimum Gasteiger partial charge on any atom is -0.496 e. The molecule has 0 aliphatic carbocycles. The Morgan fingerprint density at radius 1 is 1.20 bits per heavy atom. The Morgan fingerprint density at radius 3 is 2.40 bits per heavy atom. The summed E-state index contributed by atoms with van der Waals surface area (Å²) in [6, 6.07) is 4.88. The number of nitrogens with one attached hydrogen (secondary N) is 2. The molecule has 25 heavy (non-hydrogen) atoms. The molecule has 2 aliphatic heterocycles. The van der Waals surface area contributed by atoms with Crippen LogP contribution in [-0.2, 0) is 14.8 Å². The van der Waals surface area contributed by atoms with Crippen LogP contribution in [0.2, 0.25) is 0 Å². The molecular weight excluding hydrogens is 368 g/mol. The molecule has 1 aromatic carbocycles. The zero-order valence-corrected chi connectivity index (χ0v) is 15.8. The SMILES string of the molecule is COC(=O)c1cc(S(=O)(=O)NC2CC3CCC(C2)N3)ccc1OC.Cl. The van der Waals surface area contributed by atoms with Crippen LogP contribution in [0.15, 0.2) is 23.1 Å². The normalized spacial score (nSPS) is 25.1. The van der Waals surface area contributed by atoms with Crippen molar-refractivity contribution in [3.8, 4) is 5.75 Å². The molecule has 9 heteroatoms. The fourth-order valence-electron chi connectivity index (χ4n) is 3.56. The molecule has 0 saturated carbocycles. The maximum absolute atomic E-state index is 12.7. The third-order valence-corrected chi connectivity index (χ3v) is 6.20. The Kier molecular flexibility index (Phi) is 6.31. The molecule has 2 atom stereocenters. The second kappa shape index (κ2) is 7.90.